The zero-order chi connectivity index (χ0) is 25.5. The minimum Gasteiger partial charge on any atom is -0.380 e. The summed E-state index contributed by atoms with van der Waals surface area (Å²) in [5, 5.41) is 12.5. The molecule has 0 bridgehead atoms. The first-order valence-electron chi connectivity index (χ1n) is 12.6. The first-order valence-corrected chi connectivity index (χ1v) is 14.2. The molecule has 1 nitrogen and oxygen atoms in total. The Hall–Kier alpha value is -2.20. The van der Waals surface area contributed by atoms with E-state index in [2.05, 4.69) is 113 Å². The molecule has 0 fully saturated rings. The van der Waals surface area contributed by atoms with Crippen molar-refractivity contribution in [3.05, 3.63) is 128 Å². The summed E-state index contributed by atoms with van der Waals surface area (Å²) in [6, 6.07) is 31.5. The number of aliphatic hydroxyl groups is 1. The molecule has 1 aliphatic carbocycles. The third-order valence-corrected chi connectivity index (χ3v) is 8.33. The highest BCUT2D eigenvalue weighted by molar-refractivity contribution is 9.10. The summed E-state index contributed by atoms with van der Waals surface area (Å²) < 4.78 is 2.06. The van der Waals surface area contributed by atoms with Crippen LogP contribution in [-0.2, 0) is 18.4 Å². The maximum Gasteiger partial charge on any atom is 0.119 e. The normalized spacial score (nSPS) is 16.7. The molecule has 36 heavy (non-hydrogen) atoms. The lowest BCUT2D eigenvalue weighted by molar-refractivity contribution is 0.0810. The van der Waals surface area contributed by atoms with Crippen molar-refractivity contribution in [2.24, 2.45) is 5.41 Å². The van der Waals surface area contributed by atoms with Crippen LogP contribution in [0.1, 0.15) is 60.9 Å². The topological polar surface area (TPSA) is 20.2 Å². The standard InChI is InChI=1S/C33H32Br2O/c1-32(2,3)20-24-17-23-18-27(11-15-31(23)24)33(36,26-7-5-4-6-8-26)21-25-19-29(35)14-16-30(25)22-9-12-28(34)13-10-22/h4-16,18-19,24,36H,17,20-21H2,1-3H3. The number of benzene rings is 4. The summed E-state index contributed by atoms with van der Waals surface area (Å²) in [6.07, 6.45) is 2.76. The minimum absolute atomic E-state index is 0.315. The van der Waals surface area contributed by atoms with Crippen molar-refractivity contribution in [2.45, 2.75) is 51.6 Å². The first kappa shape index (κ1) is 25.4. The van der Waals surface area contributed by atoms with E-state index in [1.807, 2.05) is 30.3 Å². The van der Waals surface area contributed by atoms with Gasteiger partial charge in [0, 0.05) is 15.4 Å². The third-order valence-electron chi connectivity index (χ3n) is 7.31. The average Bonchev–Trinajstić information content (AvgIpc) is 2.83. The fourth-order valence-electron chi connectivity index (χ4n) is 5.58. The summed E-state index contributed by atoms with van der Waals surface area (Å²) in [4.78, 5) is 0. The third kappa shape index (κ3) is 5.25. The maximum atomic E-state index is 12.5. The molecule has 1 aliphatic rings. The molecule has 2 atom stereocenters. The average molecular weight is 604 g/mol. The molecule has 0 amide bonds. The molecule has 4 aromatic carbocycles. The summed E-state index contributed by atoms with van der Waals surface area (Å²) in [5.74, 6) is 0.618. The molecule has 0 spiro atoms. The SMILES string of the molecule is CC(C)(C)CC1Cc2cc(C(O)(Cc3cc(Br)ccc3-c3ccc(Br)cc3)c3ccccc3)ccc21. The highest BCUT2D eigenvalue weighted by Crippen LogP contribution is 2.45. The van der Waals surface area contributed by atoms with Gasteiger partial charge in [-0.3, -0.25) is 0 Å². The fraction of sp³-hybridized carbons (Fsp3) is 0.273. The Morgan fingerprint density at radius 2 is 1.47 bits per heavy atom. The molecule has 4 aromatic rings. The summed E-state index contributed by atoms with van der Waals surface area (Å²) in [6.45, 7) is 6.94. The van der Waals surface area contributed by atoms with E-state index in [4.69, 9.17) is 0 Å². The van der Waals surface area contributed by atoms with Crippen molar-refractivity contribution in [3.8, 4) is 11.1 Å². The molecule has 5 rings (SSSR count). The largest absolute Gasteiger partial charge is 0.380 e. The quantitative estimate of drug-likeness (QED) is 0.233. The van der Waals surface area contributed by atoms with Gasteiger partial charge in [-0.05, 0) is 87.4 Å². The Morgan fingerprint density at radius 1 is 0.778 bits per heavy atom. The Morgan fingerprint density at radius 3 is 2.14 bits per heavy atom. The molecule has 0 saturated carbocycles. The number of rotatable bonds is 6. The monoisotopic (exact) mass is 602 g/mol. The zero-order valence-electron chi connectivity index (χ0n) is 21.1. The van der Waals surface area contributed by atoms with Crippen molar-refractivity contribution in [1.82, 2.24) is 0 Å². The van der Waals surface area contributed by atoms with Gasteiger partial charge in [0.2, 0.25) is 0 Å². The lowest BCUT2D eigenvalue weighted by Gasteiger charge is -2.37. The molecule has 1 N–H and O–H groups in total. The van der Waals surface area contributed by atoms with Crippen LogP contribution in [-0.4, -0.2) is 5.11 Å². The molecule has 0 radical (unpaired) electrons. The number of fused-ring (bicyclic) bond motifs is 1. The van der Waals surface area contributed by atoms with Crippen LogP contribution in [0.2, 0.25) is 0 Å². The van der Waals surface area contributed by atoms with Crippen molar-refractivity contribution in [2.75, 3.05) is 0 Å². The zero-order valence-corrected chi connectivity index (χ0v) is 24.2. The maximum absolute atomic E-state index is 12.5. The van der Waals surface area contributed by atoms with Crippen LogP contribution in [0.25, 0.3) is 11.1 Å². The summed E-state index contributed by atoms with van der Waals surface area (Å²) >= 11 is 7.22. The lowest BCUT2D eigenvalue weighted by Crippen LogP contribution is -2.32. The molecule has 3 heteroatoms. The van der Waals surface area contributed by atoms with Crippen molar-refractivity contribution in [3.63, 3.8) is 0 Å². The van der Waals surface area contributed by atoms with Crippen LogP contribution in [0.5, 0.6) is 0 Å². The molecule has 2 unspecified atom stereocenters. The Labute approximate surface area is 231 Å². The smallest absolute Gasteiger partial charge is 0.119 e. The fourth-order valence-corrected chi connectivity index (χ4v) is 6.26. The molecule has 0 aliphatic heterocycles. The predicted molar refractivity (Wildman–Crippen MR) is 157 cm³/mol. The molecular weight excluding hydrogens is 572 g/mol. The van der Waals surface area contributed by atoms with E-state index in [-0.39, 0.29) is 0 Å². The van der Waals surface area contributed by atoms with E-state index < -0.39 is 5.60 Å². The Kier molecular flexibility index (Phi) is 7.02. The number of halogens is 2. The van der Waals surface area contributed by atoms with Gasteiger partial charge in [0.05, 0.1) is 0 Å². The van der Waals surface area contributed by atoms with Gasteiger partial charge in [-0.1, -0.05) is 119 Å². The molecule has 0 aromatic heterocycles. The Bertz CT molecular complexity index is 1370. The van der Waals surface area contributed by atoms with E-state index >= 15 is 0 Å². The van der Waals surface area contributed by atoms with Gasteiger partial charge < -0.3 is 5.11 Å². The van der Waals surface area contributed by atoms with E-state index in [9.17, 15) is 5.11 Å². The van der Waals surface area contributed by atoms with Crippen LogP contribution in [0.15, 0.2) is 99.9 Å². The van der Waals surface area contributed by atoms with Crippen LogP contribution < -0.4 is 0 Å². The van der Waals surface area contributed by atoms with Crippen LogP contribution in [0, 0.1) is 5.41 Å². The second kappa shape index (κ2) is 9.93. The van der Waals surface area contributed by atoms with Crippen molar-refractivity contribution in [1.29, 1.82) is 0 Å². The lowest BCUT2D eigenvalue weighted by atomic mass is 9.68. The predicted octanol–water partition coefficient (Wildman–Crippen LogP) is 9.43. The van der Waals surface area contributed by atoms with Gasteiger partial charge >= 0.3 is 0 Å². The summed E-state index contributed by atoms with van der Waals surface area (Å²) in [5.41, 5.74) is 7.24. The van der Waals surface area contributed by atoms with Gasteiger partial charge in [0.25, 0.3) is 0 Å². The highest BCUT2D eigenvalue weighted by atomic mass is 79.9. The highest BCUT2D eigenvalue weighted by Gasteiger charge is 2.36. The van der Waals surface area contributed by atoms with Crippen LogP contribution >= 0.6 is 31.9 Å². The van der Waals surface area contributed by atoms with Gasteiger partial charge in [-0.2, -0.15) is 0 Å². The van der Waals surface area contributed by atoms with Gasteiger partial charge in [0.15, 0.2) is 0 Å². The van der Waals surface area contributed by atoms with Gasteiger partial charge in [-0.25, -0.2) is 0 Å². The second-order valence-corrected chi connectivity index (χ2v) is 13.1. The van der Waals surface area contributed by atoms with Gasteiger partial charge in [0.1, 0.15) is 5.60 Å². The molecule has 0 heterocycles. The van der Waals surface area contributed by atoms with Crippen molar-refractivity contribution < 1.29 is 5.11 Å². The van der Waals surface area contributed by atoms with E-state index in [0.29, 0.717) is 17.8 Å². The van der Waals surface area contributed by atoms with Crippen LogP contribution in [0.4, 0.5) is 0 Å². The van der Waals surface area contributed by atoms with Gasteiger partial charge in [-0.15, -0.1) is 0 Å². The molecular formula is C33H32Br2O. The molecule has 0 saturated heterocycles. The number of hydrogen-bond acceptors (Lipinski definition) is 1. The number of hydrogen-bond donors (Lipinski definition) is 1. The second-order valence-electron chi connectivity index (χ2n) is 11.3. The van der Waals surface area contributed by atoms with E-state index in [0.717, 1.165) is 43.2 Å². The van der Waals surface area contributed by atoms with E-state index in [1.165, 1.54) is 17.5 Å². The van der Waals surface area contributed by atoms with Crippen LogP contribution in [0.3, 0.4) is 0 Å². The summed E-state index contributed by atoms with van der Waals surface area (Å²) in [7, 11) is 0. The minimum atomic E-state index is -1.14. The Balaban J connectivity index is 1.57. The molecule has 184 valence electrons. The first-order chi connectivity index (χ1) is 17.1. The van der Waals surface area contributed by atoms with Crippen molar-refractivity contribution >= 4 is 31.9 Å². The van der Waals surface area contributed by atoms with E-state index in [1.54, 1.807) is 0 Å².